The van der Waals surface area contributed by atoms with E-state index < -0.39 is 12.1 Å². The fourth-order valence-corrected chi connectivity index (χ4v) is 9.45. The normalized spacial score (nSPS) is 12.9. The fraction of sp³-hybridized carbons (Fsp3) is 0.693. The lowest BCUT2D eigenvalue weighted by Gasteiger charge is -2.18. The van der Waals surface area contributed by atoms with Crippen LogP contribution in [0.25, 0.3) is 0 Å². The number of hydrogen-bond donors (Lipinski definition) is 0. The maximum atomic E-state index is 12.9. The number of carbonyl (C=O) groups is 3. The Kier molecular flexibility index (Phi) is 64.8. The average molecular weight is 1120 g/mol. The predicted octanol–water partition coefficient (Wildman–Crippen LogP) is 23.6. The molecule has 0 saturated carbocycles. The second-order valence-electron chi connectivity index (χ2n) is 22.3. The number of ether oxygens (including phenoxy) is 3. The second-order valence-corrected chi connectivity index (χ2v) is 22.3. The van der Waals surface area contributed by atoms with Crippen molar-refractivity contribution in [2.45, 2.75) is 322 Å². The highest BCUT2D eigenvalue weighted by Gasteiger charge is 2.19. The molecule has 0 rings (SSSR count). The van der Waals surface area contributed by atoms with E-state index in [1.54, 1.807) is 6.08 Å². The Balaban J connectivity index is 4.37. The summed E-state index contributed by atoms with van der Waals surface area (Å²) < 4.78 is 16.9. The largest absolute Gasteiger partial charge is 0.462 e. The van der Waals surface area contributed by atoms with Crippen LogP contribution >= 0.6 is 0 Å². The molecule has 0 aliphatic rings. The lowest BCUT2D eigenvalue weighted by Crippen LogP contribution is -2.30. The van der Waals surface area contributed by atoms with Gasteiger partial charge in [0, 0.05) is 12.8 Å². The van der Waals surface area contributed by atoms with Crippen LogP contribution in [0.1, 0.15) is 316 Å². The SMILES string of the molecule is CC/C=C\C/C=C\C/C=C\C/C=C\C/C=C\CC(=O)OCC(COC(=O)CCCCCCCCCCCCCCCC/C=C\C/C=C\C/C=C\C/C=C\CC)OC(=O)CCCCCCCCCCC/C=C\CCCCCCCCCC. The summed E-state index contributed by atoms with van der Waals surface area (Å²) in [5, 5.41) is 0. The third-order valence-electron chi connectivity index (χ3n) is 14.5. The highest BCUT2D eigenvalue weighted by molar-refractivity contribution is 5.72. The van der Waals surface area contributed by atoms with Crippen LogP contribution in [0.3, 0.4) is 0 Å². The zero-order valence-electron chi connectivity index (χ0n) is 53.0. The van der Waals surface area contributed by atoms with Crippen molar-refractivity contribution in [2.75, 3.05) is 13.2 Å². The minimum atomic E-state index is -0.823. The smallest absolute Gasteiger partial charge is 0.309 e. The quantitative estimate of drug-likeness (QED) is 0.0261. The lowest BCUT2D eigenvalue weighted by atomic mass is 10.0. The number of carbonyl (C=O) groups excluding carboxylic acids is 3. The molecule has 0 amide bonds. The predicted molar refractivity (Wildman–Crippen MR) is 353 cm³/mol. The van der Waals surface area contributed by atoms with Crippen LogP contribution in [0.2, 0.25) is 0 Å². The third-order valence-corrected chi connectivity index (χ3v) is 14.5. The van der Waals surface area contributed by atoms with Gasteiger partial charge in [-0.1, -0.05) is 309 Å². The first-order valence-electron chi connectivity index (χ1n) is 34.0. The van der Waals surface area contributed by atoms with Gasteiger partial charge in [-0.15, -0.1) is 0 Å². The molecular weight excluding hydrogens is 997 g/mol. The van der Waals surface area contributed by atoms with E-state index in [9.17, 15) is 14.4 Å². The lowest BCUT2D eigenvalue weighted by molar-refractivity contribution is -0.166. The number of rotatable bonds is 61. The van der Waals surface area contributed by atoms with Gasteiger partial charge in [-0.25, -0.2) is 0 Å². The van der Waals surface area contributed by atoms with Crippen molar-refractivity contribution in [3.63, 3.8) is 0 Å². The number of esters is 3. The van der Waals surface area contributed by atoms with E-state index in [4.69, 9.17) is 14.2 Å². The molecule has 0 spiro atoms. The van der Waals surface area contributed by atoms with Crippen LogP contribution in [-0.4, -0.2) is 37.2 Å². The zero-order chi connectivity index (χ0) is 58.5. The van der Waals surface area contributed by atoms with E-state index in [-0.39, 0.29) is 31.6 Å². The summed E-state index contributed by atoms with van der Waals surface area (Å²) in [5.74, 6) is -1.04. The van der Waals surface area contributed by atoms with Crippen LogP contribution in [0.4, 0.5) is 0 Å². The molecule has 81 heavy (non-hydrogen) atoms. The first-order valence-corrected chi connectivity index (χ1v) is 34.0. The van der Waals surface area contributed by atoms with E-state index >= 15 is 0 Å². The average Bonchev–Trinajstić information content (AvgIpc) is 3.47. The van der Waals surface area contributed by atoms with E-state index in [1.165, 1.54) is 180 Å². The number of unbranched alkanes of at least 4 members (excludes halogenated alkanes) is 31. The van der Waals surface area contributed by atoms with Crippen molar-refractivity contribution in [3.05, 3.63) is 122 Å². The first-order chi connectivity index (χ1) is 40.0. The highest BCUT2D eigenvalue weighted by Crippen LogP contribution is 2.17. The van der Waals surface area contributed by atoms with Gasteiger partial charge in [0.2, 0.25) is 0 Å². The van der Waals surface area contributed by atoms with E-state index in [1.807, 2.05) is 6.08 Å². The Morgan fingerprint density at radius 2 is 0.531 bits per heavy atom. The molecule has 0 radical (unpaired) electrons. The van der Waals surface area contributed by atoms with Gasteiger partial charge in [0.1, 0.15) is 13.2 Å². The van der Waals surface area contributed by atoms with Gasteiger partial charge in [0.25, 0.3) is 0 Å². The van der Waals surface area contributed by atoms with Crippen molar-refractivity contribution >= 4 is 17.9 Å². The van der Waals surface area contributed by atoms with Gasteiger partial charge in [0.15, 0.2) is 6.10 Å². The van der Waals surface area contributed by atoms with Gasteiger partial charge in [-0.2, -0.15) is 0 Å². The zero-order valence-corrected chi connectivity index (χ0v) is 53.0. The fourth-order valence-electron chi connectivity index (χ4n) is 9.45. The minimum Gasteiger partial charge on any atom is -0.462 e. The Morgan fingerprint density at radius 1 is 0.272 bits per heavy atom. The summed E-state index contributed by atoms with van der Waals surface area (Å²) in [6.07, 6.45) is 95.3. The molecule has 6 nitrogen and oxygen atoms in total. The monoisotopic (exact) mass is 1120 g/mol. The van der Waals surface area contributed by atoms with Crippen LogP contribution in [-0.2, 0) is 28.6 Å². The van der Waals surface area contributed by atoms with Crippen LogP contribution in [0.5, 0.6) is 0 Å². The van der Waals surface area contributed by atoms with Gasteiger partial charge in [-0.3, -0.25) is 14.4 Å². The molecule has 0 aliphatic heterocycles. The summed E-state index contributed by atoms with van der Waals surface area (Å²) in [5.41, 5.74) is 0. The Morgan fingerprint density at radius 3 is 0.877 bits per heavy atom. The highest BCUT2D eigenvalue weighted by atomic mass is 16.6. The van der Waals surface area contributed by atoms with Gasteiger partial charge in [0.05, 0.1) is 6.42 Å². The molecule has 6 heteroatoms. The van der Waals surface area contributed by atoms with Gasteiger partial charge >= 0.3 is 17.9 Å². The molecule has 0 aliphatic carbocycles. The minimum absolute atomic E-state index is 0.109. The van der Waals surface area contributed by atoms with E-state index in [0.717, 1.165) is 96.3 Å². The molecule has 0 saturated heterocycles. The molecule has 0 N–H and O–H groups in total. The molecule has 0 bridgehead atoms. The third kappa shape index (κ3) is 66.5. The van der Waals surface area contributed by atoms with Crippen molar-refractivity contribution < 1.29 is 28.6 Å². The summed E-state index contributed by atoms with van der Waals surface area (Å²) >= 11 is 0. The van der Waals surface area contributed by atoms with E-state index in [0.29, 0.717) is 12.8 Å². The second kappa shape index (κ2) is 68.3. The van der Waals surface area contributed by atoms with Crippen molar-refractivity contribution in [3.8, 4) is 0 Å². The van der Waals surface area contributed by atoms with Crippen molar-refractivity contribution in [1.82, 2.24) is 0 Å². The maximum absolute atomic E-state index is 12.9. The number of hydrogen-bond acceptors (Lipinski definition) is 6. The molecule has 0 aromatic carbocycles. The molecule has 0 heterocycles. The van der Waals surface area contributed by atoms with E-state index in [2.05, 4.69) is 130 Å². The first kappa shape index (κ1) is 76.8. The maximum Gasteiger partial charge on any atom is 0.309 e. The topological polar surface area (TPSA) is 78.9 Å². The van der Waals surface area contributed by atoms with Crippen LogP contribution < -0.4 is 0 Å². The molecule has 462 valence electrons. The summed E-state index contributed by atoms with van der Waals surface area (Å²) in [6, 6.07) is 0. The molecule has 0 aromatic heterocycles. The molecule has 1 unspecified atom stereocenters. The van der Waals surface area contributed by atoms with Gasteiger partial charge < -0.3 is 14.2 Å². The Labute approximate surface area is 501 Å². The van der Waals surface area contributed by atoms with Crippen LogP contribution in [0.15, 0.2) is 122 Å². The summed E-state index contributed by atoms with van der Waals surface area (Å²) in [7, 11) is 0. The van der Waals surface area contributed by atoms with Crippen molar-refractivity contribution in [2.24, 2.45) is 0 Å². The Bertz CT molecular complexity index is 1670. The standard InChI is InChI=1S/C75H126O6/c1-4-7-10-13-16-19-22-25-28-30-32-34-35-36-37-38-39-41-42-44-47-50-53-56-59-62-65-68-74(77)80-71-72(70-79-73(76)67-64-61-58-55-52-49-46-27-24-21-18-15-12-9-6-3)81-75(78)69-66-63-60-57-54-51-48-45-43-40-33-31-29-26-23-20-17-14-11-8-5-2/h7,9-10,12,16,18-19,21,25,27-28,31-34,46,52,55,61,64,72H,4-6,8,11,13-15,17,20,22-24,26,29-30,35-45,47-51,53-54,56-60,62-63,65-71H2,1-3H3/b10-7-,12-9-,19-16-,21-18-,28-25-,33-31-,34-32-,46-27-,55-52-,64-61-. The molecule has 1 atom stereocenters. The molecule has 0 aromatic rings. The summed E-state index contributed by atoms with van der Waals surface area (Å²) in [6.45, 7) is 6.35. The Hall–Kier alpha value is -4.19. The summed E-state index contributed by atoms with van der Waals surface area (Å²) in [4.78, 5) is 38.3. The van der Waals surface area contributed by atoms with Crippen LogP contribution in [0, 0.1) is 0 Å². The molecule has 0 fully saturated rings. The number of allylic oxidation sites excluding steroid dienone is 19. The molecular formula is C75H126O6. The van der Waals surface area contributed by atoms with Gasteiger partial charge in [-0.05, 0) is 109 Å². The van der Waals surface area contributed by atoms with Crippen molar-refractivity contribution in [1.29, 1.82) is 0 Å².